The van der Waals surface area contributed by atoms with Gasteiger partial charge in [0.2, 0.25) is 6.41 Å². The number of ether oxygens (including phenoxy) is 1. The van der Waals surface area contributed by atoms with Crippen LogP contribution in [0.1, 0.15) is 6.92 Å². The van der Waals surface area contributed by atoms with Crippen LogP contribution in [0.5, 0.6) is 5.75 Å². The van der Waals surface area contributed by atoms with Gasteiger partial charge in [-0.3, -0.25) is 10.0 Å². The van der Waals surface area contributed by atoms with Crippen molar-refractivity contribution in [3.05, 3.63) is 24.3 Å². The largest absolute Gasteiger partial charge is 0.494 e. The number of amides is 1. The Morgan fingerprint density at radius 3 is 2.54 bits per heavy atom. The predicted octanol–water partition coefficient (Wildman–Crippen LogP) is 1.44. The first-order valence-corrected chi connectivity index (χ1v) is 3.94. The second-order valence-electron chi connectivity index (χ2n) is 2.38. The summed E-state index contributed by atoms with van der Waals surface area (Å²) >= 11 is 0. The molecule has 1 aromatic rings. The Kier molecular flexibility index (Phi) is 3.28. The number of hydroxylamine groups is 1. The maximum atomic E-state index is 10.2. The summed E-state index contributed by atoms with van der Waals surface area (Å²) in [6, 6.07) is 6.57. The lowest BCUT2D eigenvalue weighted by Crippen LogP contribution is -2.14. The average molecular weight is 181 g/mol. The molecule has 1 rings (SSSR count). The Balaban J connectivity index is 2.74. The van der Waals surface area contributed by atoms with E-state index in [0.29, 0.717) is 29.5 Å². The number of carbonyl (C=O) groups excluding carboxylic acids is 1. The zero-order valence-electron chi connectivity index (χ0n) is 7.30. The van der Waals surface area contributed by atoms with Crippen molar-refractivity contribution < 1.29 is 14.7 Å². The van der Waals surface area contributed by atoms with Gasteiger partial charge in [0, 0.05) is 0 Å². The van der Waals surface area contributed by atoms with Crippen molar-refractivity contribution >= 4 is 12.1 Å². The number of hydrogen-bond donors (Lipinski definition) is 1. The maximum absolute atomic E-state index is 10.2. The Hall–Kier alpha value is -1.55. The minimum atomic E-state index is 0.329. The zero-order chi connectivity index (χ0) is 9.68. The van der Waals surface area contributed by atoms with Gasteiger partial charge < -0.3 is 4.74 Å². The van der Waals surface area contributed by atoms with Crippen molar-refractivity contribution in [3.63, 3.8) is 0 Å². The summed E-state index contributed by atoms with van der Waals surface area (Å²) < 4.78 is 5.19. The highest BCUT2D eigenvalue weighted by molar-refractivity contribution is 5.71. The van der Waals surface area contributed by atoms with Gasteiger partial charge in [-0.2, -0.15) is 5.06 Å². The fraction of sp³-hybridized carbons (Fsp3) is 0.222. The fourth-order valence-electron chi connectivity index (χ4n) is 0.923. The quantitative estimate of drug-likeness (QED) is 0.434. The molecule has 0 saturated carbocycles. The molecule has 0 saturated heterocycles. The zero-order valence-corrected chi connectivity index (χ0v) is 7.30. The molecule has 0 spiro atoms. The van der Waals surface area contributed by atoms with Crippen LogP contribution in [0.2, 0.25) is 0 Å². The van der Waals surface area contributed by atoms with Crippen LogP contribution in [-0.4, -0.2) is 18.2 Å². The third-order valence-corrected chi connectivity index (χ3v) is 1.51. The van der Waals surface area contributed by atoms with Crippen LogP contribution >= 0.6 is 0 Å². The molecule has 0 aliphatic heterocycles. The summed E-state index contributed by atoms with van der Waals surface area (Å²) in [5.41, 5.74) is 0.415. The van der Waals surface area contributed by atoms with Crippen LogP contribution in [0, 0.1) is 0 Å². The summed E-state index contributed by atoms with van der Waals surface area (Å²) in [6.45, 7) is 2.48. The molecule has 0 aliphatic rings. The maximum Gasteiger partial charge on any atom is 0.237 e. The molecule has 0 aromatic heterocycles. The first-order chi connectivity index (χ1) is 6.27. The first kappa shape index (κ1) is 9.54. The number of carbonyl (C=O) groups is 1. The summed E-state index contributed by atoms with van der Waals surface area (Å²) in [5, 5.41) is 9.48. The average Bonchev–Trinajstić information content (AvgIpc) is 2.18. The monoisotopic (exact) mass is 181 g/mol. The van der Waals surface area contributed by atoms with E-state index in [1.165, 1.54) is 0 Å². The van der Waals surface area contributed by atoms with Crippen molar-refractivity contribution in [2.45, 2.75) is 6.92 Å². The molecule has 1 N–H and O–H groups in total. The summed E-state index contributed by atoms with van der Waals surface area (Å²) in [7, 11) is 0. The van der Waals surface area contributed by atoms with E-state index in [4.69, 9.17) is 9.94 Å². The number of hydrogen-bond acceptors (Lipinski definition) is 3. The van der Waals surface area contributed by atoms with E-state index in [-0.39, 0.29) is 0 Å². The lowest BCUT2D eigenvalue weighted by Gasteiger charge is -2.08. The summed E-state index contributed by atoms with van der Waals surface area (Å²) in [5.74, 6) is 0.713. The molecule has 0 aliphatic carbocycles. The number of anilines is 1. The minimum Gasteiger partial charge on any atom is -0.494 e. The molecular formula is C9H11NO3. The number of rotatable bonds is 4. The van der Waals surface area contributed by atoms with E-state index >= 15 is 0 Å². The molecule has 4 nitrogen and oxygen atoms in total. The molecule has 0 heterocycles. The lowest BCUT2D eigenvalue weighted by atomic mass is 10.3. The van der Waals surface area contributed by atoms with Crippen molar-refractivity contribution in [2.24, 2.45) is 0 Å². The minimum absolute atomic E-state index is 0.329. The smallest absolute Gasteiger partial charge is 0.237 e. The molecule has 13 heavy (non-hydrogen) atoms. The van der Waals surface area contributed by atoms with E-state index in [0.717, 1.165) is 0 Å². The Morgan fingerprint density at radius 1 is 1.46 bits per heavy atom. The van der Waals surface area contributed by atoms with Gasteiger partial charge in [-0.05, 0) is 31.2 Å². The van der Waals surface area contributed by atoms with Crippen LogP contribution < -0.4 is 9.80 Å². The molecule has 0 bridgehead atoms. The van der Waals surface area contributed by atoms with Gasteiger partial charge in [0.15, 0.2) is 0 Å². The third-order valence-electron chi connectivity index (χ3n) is 1.51. The van der Waals surface area contributed by atoms with Crippen LogP contribution in [0.25, 0.3) is 0 Å². The molecule has 70 valence electrons. The number of benzene rings is 1. The van der Waals surface area contributed by atoms with E-state index in [9.17, 15) is 4.79 Å². The number of nitrogens with zero attached hydrogens (tertiary/aromatic N) is 1. The molecule has 1 amide bonds. The van der Waals surface area contributed by atoms with E-state index < -0.39 is 0 Å². The standard InChI is InChI=1S/C9H11NO3/c1-2-13-9-5-3-8(4-6-9)10(12)7-11/h3-7,12H,2H2,1H3. The van der Waals surface area contributed by atoms with Crippen molar-refractivity contribution in [2.75, 3.05) is 11.7 Å². The van der Waals surface area contributed by atoms with Gasteiger partial charge in [-0.25, -0.2) is 0 Å². The molecule has 0 atom stereocenters. The third kappa shape index (κ3) is 2.45. The SMILES string of the molecule is CCOc1ccc(N(O)C=O)cc1. The molecule has 4 heteroatoms. The lowest BCUT2D eigenvalue weighted by molar-refractivity contribution is -0.111. The highest BCUT2D eigenvalue weighted by atomic mass is 16.5. The van der Waals surface area contributed by atoms with Crippen LogP contribution in [-0.2, 0) is 4.79 Å². The second-order valence-corrected chi connectivity index (χ2v) is 2.38. The van der Waals surface area contributed by atoms with Crippen molar-refractivity contribution in [3.8, 4) is 5.75 Å². The Labute approximate surface area is 76.3 Å². The van der Waals surface area contributed by atoms with Gasteiger partial charge in [0.05, 0.1) is 12.3 Å². The van der Waals surface area contributed by atoms with E-state index in [2.05, 4.69) is 0 Å². The Bertz CT molecular complexity index is 271. The summed E-state index contributed by atoms with van der Waals surface area (Å²) in [4.78, 5) is 10.2. The van der Waals surface area contributed by atoms with E-state index in [1.807, 2.05) is 6.92 Å². The highest BCUT2D eigenvalue weighted by Crippen LogP contribution is 2.17. The topological polar surface area (TPSA) is 49.8 Å². The normalized spacial score (nSPS) is 9.38. The molecule has 0 fully saturated rings. The first-order valence-electron chi connectivity index (χ1n) is 3.94. The predicted molar refractivity (Wildman–Crippen MR) is 47.9 cm³/mol. The molecule has 0 radical (unpaired) electrons. The summed E-state index contributed by atoms with van der Waals surface area (Å²) in [6.07, 6.45) is 0.329. The molecular weight excluding hydrogens is 170 g/mol. The van der Waals surface area contributed by atoms with Gasteiger partial charge in [-0.15, -0.1) is 0 Å². The van der Waals surface area contributed by atoms with Gasteiger partial charge in [0.25, 0.3) is 0 Å². The van der Waals surface area contributed by atoms with Crippen LogP contribution in [0.3, 0.4) is 0 Å². The molecule has 1 aromatic carbocycles. The van der Waals surface area contributed by atoms with Crippen LogP contribution in [0.15, 0.2) is 24.3 Å². The van der Waals surface area contributed by atoms with Crippen molar-refractivity contribution in [1.29, 1.82) is 0 Å². The fourth-order valence-corrected chi connectivity index (χ4v) is 0.923. The van der Waals surface area contributed by atoms with Gasteiger partial charge >= 0.3 is 0 Å². The van der Waals surface area contributed by atoms with Crippen LogP contribution in [0.4, 0.5) is 5.69 Å². The van der Waals surface area contributed by atoms with Gasteiger partial charge in [-0.1, -0.05) is 0 Å². The van der Waals surface area contributed by atoms with Crippen molar-refractivity contribution in [1.82, 2.24) is 0 Å². The highest BCUT2D eigenvalue weighted by Gasteiger charge is 1.99. The molecule has 0 unspecified atom stereocenters. The second kappa shape index (κ2) is 4.47. The van der Waals surface area contributed by atoms with E-state index in [1.54, 1.807) is 24.3 Å². The Morgan fingerprint density at radius 2 is 2.08 bits per heavy atom. The van der Waals surface area contributed by atoms with Gasteiger partial charge in [0.1, 0.15) is 5.75 Å².